The normalized spacial score (nSPS) is 16.2. The Morgan fingerprint density at radius 2 is 1.95 bits per heavy atom. The number of nitrogens with one attached hydrogen (secondary N) is 1. The number of hydrogen-bond donors (Lipinski definition) is 2. The van der Waals surface area contributed by atoms with Gasteiger partial charge in [0.15, 0.2) is 0 Å². The highest BCUT2D eigenvalue weighted by molar-refractivity contribution is 6.35. The van der Waals surface area contributed by atoms with E-state index in [1.54, 1.807) is 23.1 Å². The van der Waals surface area contributed by atoms with Crippen molar-refractivity contribution in [2.75, 3.05) is 44.6 Å². The molecule has 1 aromatic rings. The number of carbonyl (C=O) groups excluding carboxylic acids is 1. The lowest BCUT2D eigenvalue weighted by Gasteiger charge is -2.34. The number of benzene rings is 1. The highest BCUT2D eigenvalue weighted by atomic mass is 35.5. The zero-order valence-corrected chi connectivity index (χ0v) is 12.5. The van der Waals surface area contributed by atoms with Crippen molar-refractivity contribution in [3.8, 4) is 0 Å². The fraction of sp³-hybridized carbons (Fsp3) is 0.462. The van der Waals surface area contributed by atoms with Crippen molar-refractivity contribution < 1.29 is 9.90 Å². The van der Waals surface area contributed by atoms with Crippen molar-refractivity contribution >= 4 is 34.9 Å². The average molecular weight is 318 g/mol. The second kappa shape index (κ2) is 7.13. The van der Waals surface area contributed by atoms with E-state index in [0.717, 1.165) is 13.1 Å². The number of halogens is 2. The van der Waals surface area contributed by atoms with E-state index in [9.17, 15) is 4.79 Å². The predicted molar refractivity (Wildman–Crippen MR) is 80.6 cm³/mol. The Morgan fingerprint density at radius 1 is 1.25 bits per heavy atom. The molecule has 0 unspecified atom stereocenters. The van der Waals surface area contributed by atoms with E-state index in [4.69, 9.17) is 28.3 Å². The molecular formula is C13H17Cl2N3O2. The summed E-state index contributed by atoms with van der Waals surface area (Å²) < 4.78 is 0. The summed E-state index contributed by atoms with van der Waals surface area (Å²) in [5, 5.41) is 12.6. The minimum atomic E-state index is -0.183. The van der Waals surface area contributed by atoms with Crippen LogP contribution in [-0.2, 0) is 0 Å². The Kier molecular flexibility index (Phi) is 5.48. The number of aliphatic hydroxyl groups is 1. The van der Waals surface area contributed by atoms with Gasteiger partial charge < -0.3 is 15.3 Å². The first-order valence-corrected chi connectivity index (χ1v) is 7.20. The first-order valence-electron chi connectivity index (χ1n) is 6.44. The summed E-state index contributed by atoms with van der Waals surface area (Å²) in [6.45, 7) is 3.57. The molecule has 0 aromatic heterocycles. The van der Waals surface area contributed by atoms with Gasteiger partial charge in [0.1, 0.15) is 0 Å². The molecule has 1 heterocycles. The van der Waals surface area contributed by atoms with Gasteiger partial charge in [-0.1, -0.05) is 23.2 Å². The lowest BCUT2D eigenvalue weighted by molar-refractivity contribution is 0.127. The molecule has 1 aliphatic heterocycles. The van der Waals surface area contributed by atoms with E-state index in [0.29, 0.717) is 35.4 Å². The summed E-state index contributed by atoms with van der Waals surface area (Å²) in [5.41, 5.74) is 0.516. The number of amides is 2. The summed E-state index contributed by atoms with van der Waals surface area (Å²) in [6.07, 6.45) is 0. The van der Waals surface area contributed by atoms with Crippen molar-refractivity contribution in [3.05, 3.63) is 28.2 Å². The van der Waals surface area contributed by atoms with Crippen molar-refractivity contribution in [1.29, 1.82) is 0 Å². The van der Waals surface area contributed by atoms with Crippen LogP contribution in [0, 0.1) is 0 Å². The highest BCUT2D eigenvalue weighted by Gasteiger charge is 2.21. The molecule has 2 rings (SSSR count). The van der Waals surface area contributed by atoms with Crippen molar-refractivity contribution in [2.45, 2.75) is 0 Å². The molecule has 2 amide bonds. The minimum Gasteiger partial charge on any atom is -0.395 e. The molecule has 1 saturated heterocycles. The zero-order valence-electron chi connectivity index (χ0n) is 11.0. The number of nitrogens with zero attached hydrogens (tertiary/aromatic N) is 2. The SMILES string of the molecule is O=C(Nc1cc(Cl)ccc1Cl)N1CCN(CCO)CC1. The quantitative estimate of drug-likeness (QED) is 0.898. The summed E-state index contributed by atoms with van der Waals surface area (Å²) >= 11 is 11.9. The Hall–Kier alpha value is -1.01. The number of piperazine rings is 1. The molecule has 0 atom stereocenters. The zero-order chi connectivity index (χ0) is 14.5. The van der Waals surface area contributed by atoms with E-state index in [-0.39, 0.29) is 12.6 Å². The first-order chi connectivity index (χ1) is 9.60. The van der Waals surface area contributed by atoms with Crippen molar-refractivity contribution in [1.82, 2.24) is 9.80 Å². The first kappa shape index (κ1) is 15.4. The molecule has 1 fully saturated rings. The largest absolute Gasteiger partial charge is 0.395 e. The third kappa shape index (κ3) is 3.99. The molecule has 5 nitrogen and oxygen atoms in total. The number of rotatable bonds is 3. The van der Waals surface area contributed by atoms with Gasteiger partial charge in [0.05, 0.1) is 17.3 Å². The molecule has 1 aromatic carbocycles. The van der Waals surface area contributed by atoms with Crippen LogP contribution in [0.4, 0.5) is 10.5 Å². The van der Waals surface area contributed by atoms with Gasteiger partial charge in [-0.15, -0.1) is 0 Å². The third-order valence-electron chi connectivity index (χ3n) is 3.25. The van der Waals surface area contributed by atoms with Crippen LogP contribution in [0.1, 0.15) is 0 Å². The maximum Gasteiger partial charge on any atom is 0.321 e. The van der Waals surface area contributed by atoms with Crippen LogP contribution in [0.2, 0.25) is 10.0 Å². The average Bonchev–Trinajstić information content (AvgIpc) is 2.44. The molecule has 0 aliphatic carbocycles. The monoisotopic (exact) mass is 317 g/mol. The second-order valence-electron chi connectivity index (χ2n) is 4.61. The Morgan fingerprint density at radius 3 is 2.60 bits per heavy atom. The van der Waals surface area contributed by atoms with E-state index in [2.05, 4.69) is 10.2 Å². The maximum atomic E-state index is 12.1. The smallest absolute Gasteiger partial charge is 0.321 e. The highest BCUT2D eigenvalue weighted by Crippen LogP contribution is 2.25. The summed E-state index contributed by atoms with van der Waals surface area (Å²) in [7, 11) is 0. The summed E-state index contributed by atoms with van der Waals surface area (Å²) in [6, 6.07) is 4.77. The number of β-amino-alcohol motifs (C(OH)–C–C–N with tert-alkyl or cyclic N) is 1. The standard InChI is InChI=1S/C13H17Cl2N3O2/c14-10-1-2-11(15)12(9-10)16-13(20)18-5-3-17(4-6-18)7-8-19/h1-2,9,19H,3-8H2,(H,16,20). The van der Waals surface area contributed by atoms with Crippen LogP contribution in [0.5, 0.6) is 0 Å². The van der Waals surface area contributed by atoms with Gasteiger partial charge in [-0.3, -0.25) is 4.90 Å². The maximum absolute atomic E-state index is 12.1. The molecule has 0 bridgehead atoms. The molecule has 2 N–H and O–H groups in total. The lowest BCUT2D eigenvalue weighted by Crippen LogP contribution is -2.50. The fourth-order valence-corrected chi connectivity index (χ4v) is 2.44. The number of hydrogen-bond acceptors (Lipinski definition) is 3. The second-order valence-corrected chi connectivity index (χ2v) is 5.45. The van der Waals surface area contributed by atoms with E-state index in [1.165, 1.54) is 0 Å². The Balaban J connectivity index is 1.91. The van der Waals surface area contributed by atoms with Crippen molar-refractivity contribution in [2.24, 2.45) is 0 Å². The van der Waals surface area contributed by atoms with Gasteiger partial charge in [0.25, 0.3) is 0 Å². The molecule has 0 saturated carbocycles. The van der Waals surface area contributed by atoms with Gasteiger partial charge in [-0.05, 0) is 18.2 Å². The number of aliphatic hydroxyl groups excluding tert-OH is 1. The molecule has 0 spiro atoms. The van der Waals surface area contributed by atoms with Crippen LogP contribution in [-0.4, -0.2) is 60.3 Å². The van der Waals surface area contributed by atoms with Gasteiger partial charge in [0.2, 0.25) is 0 Å². The molecule has 110 valence electrons. The Bertz CT molecular complexity index is 477. The van der Waals surface area contributed by atoms with E-state index < -0.39 is 0 Å². The number of anilines is 1. The summed E-state index contributed by atoms with van der Waals surface area (Å²) in [4.78, 5) is 16.0. The van der Waals surface area contributed by atoms with Crippen molar-refractivity contribution in [3.63, 3.8) is 0 Å². The molecule has 20 heavy (non-hydrogen) atoms. The summed E-state index contributed by atoms with van der Waals surface area (Å²) in [5.74, 6) is 0. The van der Waals surface area contributed by atoms with E-state index in [1.807, 2.05) is 0 Å². The van der Waals surface area contributed by atoms with Gasteiger partial charge >= 0.3 is 6.03 Å². The van der Waals surface area contributed by atoms with Gasteiger partial charge in [0, 0.05) is 37.7 Å². The van der Waals surface area contributed by atoms with Gasteiger partial charge in [-0.25, -0.2) is 4.79 Å². The van der Waals surface area contributed by atoms with Gasteiger partial charge in [-0.2, -0.15) is 0 Å². The third-order valence-corrected chi connectivity index (χ3v) is 3.81. The molecule has 1 aliphatic rings. The van der Waals surface area contributed by atoms with E-state index >= 15 is 0 Å². The predicted octanol–water partition coefficient (Wildman–Crippen LogP) is 2.14. The topological polar surface area (TPSA) is 55.8 Å². The fourth-order valence-electron chi connectivity index (χ4n) is 2.10. The van der Waals surface area contributed by atoms with Crippen LogP contribution in [0.15, 0.2) is 18.2 Å². The number of carbonyl (C=O) groups is 1. The molecule has 0 radical (unpaired) electrons. The molecular weight excluding hydrogens is 301 g/mol. The molecule has 7 heteroatoms. The lowest BCUT2D eigenvalue weighted by atomic mass is 10.3. The minimum absolute atomic E-state index is 0.143. The van der Waals surface area contributed by atoms with Crippen LogP contribution >= 0.6 is 23.2 Å². The van der Waals surface area contributed by atoms with Crippen LogP contribution in [0.25, 0.3) is 0 Å². The van der Waals surface area contributed by atoms with Crippen LogP contribution < -0.4 is 5.32 Å². The van der Waals surface area contributed by atoms with Crippen LogP contribution in [0.3, 0.4) is 0 Å². The Labute approximate surface area is 128 Å². The number of urea groups is 1.